The first-order chi connectivity index (χ1) is 6.75. The number of nitrogens with zero attached hydrogens (tertiary/aromatic N) is 1. The highest BCUT2D eigenvalue weighted by molar-refractivity contribution is 5.12. The van der Waals surface area contributed by atoms with Crippen molar-refractivity contribution in [1.82, 2.24) is 15.3 Å². The molecular weight excluding hydrogens is 178 g/mol. The Kier molecular flexibility index (Phi) is 2.63. The number of rotatable bonds is 1. The van der Waals surface area contributed by atoms with Gasteiger partial charge < -0.3 is 10.3 Å². The first-order valence-electron chi connectivity index (χ1n) is 5.04. The summed E-state index contributed by atoms with van der Waals surface area (Å²) in [6, 6.07) is 1.98. The van der Waals surface area contributed by atoms with Crippen molar-refractivity contribution in [2.75, 3.05) is 13.1 Å². The van der Waals surface area contributed by atoms with Crippen LogP contribution in [0.2, 0.25) is 0 Å². The van der Waals surface area contributed by atoms with E-state index >= 15 is 0 Å². The van der Waals surface area contributed by atoms with Crippen molar-refractivity contribution < 1.29 is 0 Å². The molecule has 2 N–H and O–H groups in total. The summed E-state index contributed by atoms with van der Waals surface area (Å²) in [5, 5.41) is 3.30. The maximum Gasteiger partial charge on any atom is 0.345 e. The van der Waals surface area contributed by atoms with E-state index in [0.717, 1.165) is 37.3 Å². The van der Waals surface area contributed by atoms with E-state index in [1.165, 1.54) is 0 Å². The molecule has 14 heavy (non-hydrogen) atoms. The third kappa shape index (κ3) is 2.01. The molecule has 0 radical (unpaired) electrons. The van der Waals surface area contributed by atoms with Crippen LogP contribution in [0, 0.1) is 6.92 Å². The summed E-state index contributed by atoms with van der Waals surface area (Å²) < 4.78 is 0. The smallest absolute Gasteiger partial charge is 0.317 e. The predicted octanol–water partition coefficient (Wildman–Crippen LogP) is 0.545. The Morgan fingerprint density at radius 3 is 2.79 bits per heavy atom. The minimum atomic E-state index is -0.224. The minimum Gasteiger partial charge on any atom is -0.317 e. The highest BCUT2D eigenvalue weighted by atomic mass is 16.1. The van der Waals surface area contributed by atoms with Crippen LogP contribution in [0.25, 0.3) is 0 Å². The molecule has 1 aromatic heterocycles. The minimum absolute atomic E-state index is 0.224. The first kappa shape index (κ1) is 9.40. The fourth-order valence-corrected chi connectivity index (χ4v) is 1.93. The van der Waals surface area contributed by atoms with Crippen LogP contribution >= 0.6 is 0 Å². The van der Waals surface area contributed by atoms with Gasteiger partial charge in [-0.2, -0.15) is 4.98 Å². The number of aromatic nitrogens is 2. The highest BCUT2D eigenvalue weighted by Gasteiger charge is 2.16. The van der Waals surface area contributed by atoms with E-state index in [1.54, 1.807) is 0 Å². The van der Waals surface area contributed by atoms with Crippen molar-refractivity contribution >= 4 is 0 Å². The molecule has 0 aromatic carbocycles. The maximum absolute atomic E-state index is 11.2. The number of nitrogens with one attached hydrogen (secondary N) is 2. The Bertz CT molecular complexity index is 366. The zero-order valence-corrected chi connectivity index (χ0v) is 8.34. The average molecular weight is 193 g/mol. The van der Waals surface area contributed by atoms with Crippen LogP contribution in [-0.2, 0) is 0 Å². The van der Waals surface area contributed by atoms with E-state index in [4.69, 9.17) is 0 Å². The first-order valence-corrected chi connectivity index (χ1v) is 5.04. The SMILES string of the molecule is Cc1cc(C2CCNCC2)nc(=O)[nH]1. The second kappa shape index (κ2) is 3.92. The normalized spacial score (nSPS) is 18.4. The summed E-state index contributed by atoms with van der Waals surface area (Å²) in [5.74, 6) is 0.456. The molecule has 2 heterocycles. The van der Waals surface area contributed by atoms with Crippen LogP contribution < -0.4 is 11.0 Å². The van der Waals surface area contributed by atoms with Crippen molar-refractivity contribution in [1.29, 1.82) is 0 Å². The van der Waals surface area contributed by atoms with E-state index in [9.17, 15) is 4.79 Å². The Morgan fingerprint density at radius 2 is 2.14 bits per heavy atom. The molecule has 0 atom stereocenters. The van der Waals surface area contributed by atoms with Gasteiger partial charge in [0.05, 0.1) is 5.69 Å². The number of piperidine rings is 1. The molecule has 1 aliphatic rings. The predicted molar refractivity (Wildman–Crippen MR) is 54.4 cm³/mol. The summed E-state index contributed by atoms with van der Waals surface area (Å²) in [4.78, 5) is 17.9. The summed E-state index contributed by atoms with van der Waals surface area (Å²) in [5.41, 5.74) is 1.63. The van der Waals surface area contributed by atoms with Gasteiger partial charge in [0.2, 0.25) is 0 Å². The van der Waals surface area contributed by atoms with Gasteiger partial charge in [-0.15, -0.1) is 0 Å². The van der Waals surface area contributed by atoms with E-state index < -0.39 is 0 Å². The van der Waals surface area contributed by atoms with E-state index in [2.05, 4.69) is 15.3 Å². The van der Waals surface area contributed by atoms with Gasteiger partial charge in [-0.3, -0.25) is 0 Å². The molecule has 1 fully saturated rings. The quantitative estimate of drug-likeness (QED) is 0.684. The Balaban J connectivity index is 2.26. The van der Waals surface area contributed by atoms with E-state index in [1.807, 2.05) is 13.0 Å². The zero-order chi connectivity index (χ0) is 9.97. The standard InChI is InChI=1S/C10H15N3O/c1-7-6-9(13-10(14)12-7)8-2-4-11-5-3-8/h6,8,11H,2-5H2,1H3,(H,12,13,14). The fraction of sp³-hybridized carbons (Fsp3) is 0.600. The molecule has 0 bridgehead atoms. The third-order valence-corrected chi connectivity index (χ3v) is 2.66. The molecule has 0 saturated carbocycles. The van der Waals surface area contributed by atoms with Crippen LogP contribution in [0.4, 0.5) is 0 Å². The molecule has 1 aromatic rings. The lowest BCUT2D eigenvalue weighted by Crippen LogP contribution is -2.28. The molecule has 0 spiro atoms. The molecule has 76 valence electrons. The van der Waals surface area contributed by atoms with Crippen molar-refractivity contribution in [3.05, 3.63) is 27.9 Å². The molecule has 4 nitrogen and oxygen atoms in total. The summed E-state index contributed by atoms with van der Waals surface area (Å²) in [6.07, 6.45) is 2.16. The Morgan fingerprint density at radius 1 is 1.43 bits per heavy atom. The Hall–Kier alpha value is -1.16. The number of aryl methyl sites for hydroxylation is 1. The number of H-pyrrole nitrogens is 1. The number of hydrogen-bond acceptors (Lipinski definition) is 3. The van der Waals surface area contributed by atoms with Gasteiger partial charge in [0.25, 0.3) is 0 Å². The molecule has 1 aliphatic heterocycles. The maximum atomic E-state index is 11.2. The summed E-state index contributed by atoms with van der Waals surface area (Å²) >= 11 is 0. The zero-order valence-electron chi connectivity index (χ0n) is 8.34. The summed E-state index contributed by atoms with van der Waals surface area (Å²) in [7, 11) is 0. The topological polar surface area (TPSA) is 57.8 Å². The second-order valence-electron chi connectivity index (χ2n) is 3.82. The van der Waals surface area contributed by atoms with Gasteiger partial charge in [0, 0.05) is 11.6 Å². The Labute approximate surface area is 82.8 Å². The van der Waals surface area contributed by atoms with Crippen molar-refractivity contribution in [2.24, 2.45) is 0 Å². The van der Waals surface area contributed by atoms with Crippen molar-refractivity contribution in [2.45, 2.75) is 25.7 Å². The number of aromatic amines is 1. The van der Waals surface area contributed by atoms with E-state index in [0.29, 0.717) is 5.92 Å². The second-order valence-corrected chi connectivity index (χ2v) is 3.82. The lowest BCUT2D eigenvalue weighted by molar-refractivity contribution is 0.451. The lowest BCUT2D eigenvalue weighted by Gasteiger charge is -2.21. The van der Waals surface area contributed by atoms with Crippen LogP contribution in [0.1, 0.15) is 30.1 Å². The van der Waals surface area contributed by atoms with Gasteiger partial charge in [-0.1, -0.05) is 0 Å². The molecule has 0 amide bonds. The van der Waals surface area contributed by atoms with Crippen LogP contribution in [0.15, 0.2) is 10.9 Å². The highest BCUT2D eigenvalue weighted by Crippen LogP contribution is 2.22. The monoisotopic (exact) mass is 193 g/mol. The molecule has 0 unspecified atom stereocenters. The van der Waals surface area contributed by atoms with E-state index in [-0.39, 0.29) is 5.69 Å². The average Bonchev–Trinajstić information content (AvgIpc) is 2.18. The number of hydrogen-bond donors (Lipinski definition) is 2. The van der Waals surface area contributed by atoms with Gasteiger partial charge in [-0.25, -0.2) is 4.79 Å². The van der Waals surface area contributed by atoms with Crippen LogP contribution in [0.5, 0.6) is 0 Å². The molecule has 0 aliphatic carbocycles. The van der Waals surface area contributed by atoms with Gasteiger partial charge >= 0.3 is 5.69 Å². The molecular formula is C10H15N3O. The lowest BCUT2D eigenvalue weighted by atomic mass is 9.94. The van der Waals surface area contributed by atoms with Gasteiger partial charge in [0.1, 0.15) is 0 Å². The largest absolute Gasteiger partial charge is 0.345 e. The van der Waals surface area contributed by atoms with Gasteiger partial charge in [-0.05, 0) is 38.9 Å². The molecule has 2 rings (SSSR count). The van der Waals surface area contributed by atoms with Gasteiger partial charge in [0.15, 0.2) is 0 Å². The molecule has 1 saturated heterocycles. The van der Waals surface area contributed by atoms with Crippen LogP contribution in [-0.4, -0.2) is 23.1 Å². The molecule has 4 heteroatoms. The van der Waals surface area contributed by atoms with Crippen molar-refractivity contribution in [3.8, 4) is 0 Å². The fourth-order valence-electron chi connectivity index (χ4n) is 1.93. The van der Waals surface area contributed by atoms with Crippen molar-refractivity contribution in [3.63, 3.8) is 0 Å². The summed E-state index contributed by atoms with van der Waals surface area (Å²) in [6.45, 7) is 3.95. The third-order valence-electron chi connectivity index (χ3n) is 2.66. The van der Waals surface area contributed by atoms with Crippen LogP contribution in [0.3, 0.4) is 0 Å².